The van der Waals surface area contributed by atoms with E-state index in [0.29, 0.717) is 10.9 Å². The van der Waals surface area contributed by atoms with Crippen molar-refractivity contribution >= 4 is 23.0 Å². The number of carbonyl (C=O) groups excluding carboxylic acids is 2. The molecule has 0 bridgehead atoms. The Morgan fingerprint density at radius 1 is 1.28 bits per heavy atom. The molecule has 0 aliphatic rings. The van der Waals surface area contributed by atoms with E-state index < -0.39 is 28.6 Å². The van der Waals surface area contributed by atoms with Gasteiger partial charge in [0, 0.05) is 22.1 Å². The van der Waals surface area contributed by atoms with E-state index in [1.165, 1.54) is 22.9 Å². The van der Waals surface area contributed by atoms with E-state index in [-0.39, 0.29) is 12.2 Å². The zero-order valence-electron chi connectivity index (χ0n) is 14.5. The molecule has 1 aromatic heterocycles. The van der Waals surface area contributed by atoms with Crippen LogP contribution in [0.4, 0.5) is 4.79 Å². The van der Waals surface area contributed by atoms with E-state index in [4.69, 9.17) is 9.47 Å². The second kappa shape index (κ2) is 6.92. The van der Waals surface area contributed by atoms with Crippen LogP contribution in [-0.2, 0) is 14.3 Å². The van der Waals surface area contributed by atoms with Gasteiger partial charge < -0.3 is 9.47 Å². The molecule has 1 atom stereocenters. The van der Waals surface area contributed by atoms with Crippen LogP contribution in [0.15, 0.2) is 30.5 Å². The van der Waals surface area contributed by atoms with E-state index in [1.54, 1.807) is 39.8 Å². The molecule has 0 amide bonds. The lowest BCUT2D eigenvalue weighted by Crippen LogP contribution is -2.26. The average Bonchev–Trinajstić information content (AvgIpc) is 2.88. The van der Waals surface area contributed by atoms with Gasteiger partial charge in [-0.25, -0.2) is 9.59 Å². The number of nitrogens with zero attached hydrogens (tertiary/aromatic N) is 2. The molecular formula is C17H20N2O6. The molecule has 0 fully saturated rings. The molecule has 0 spiro atoms. The molecule has 134 valence electrons. The summed E-state index contributed by atoms with van der Waals surface area (Å²) in [6.07, 6.45) is 0.972. The van der Waals surface area contributed by atoms with Gasteiger partial charge in [-0.3, -0.25) is 14.7 Å². The number of nitro groups is 1. The molecule has 2 aromatic rings. The van der Waals surface area contributed by atoms with Crippen molar-refractivity contribution < 1.29 is 24.0 Å². The van der Waals surface area contributed by atoms with Crippen LogP contribution < -0.4 is 0 Å². The highest BCUT2D eigenvalue weighted by molar-refractivity contribution is 5.90. The standard InChI is InChI=1S/C17H20N2O6/c1-5-24-15(20)14(19(22)23)12-6-7-13-11(10-12)8-9-18(13)16(21)25-17(2,3)4/h6-10,14H,5H2,1-4H3. The first-order valence-corrected chi connectivity index (χ1v) is 7.78. The Morgan fingerprint density at radius 2 is 1.96 bits per heavy atom. The molecule has 8 nitrogen and oxygen atoms in total. The molecule has 25 heavy (non-hydrogen) atoms. The highest BCUT2D eigenvalue weighted by Gasteiger charge is 2.33. The molecule has 0 saturated carbocycles. The van der Waals surface area contributed by atoms with E-state index in [9.17, 15) is 19.7 Å². The summed E-state index contributed by atoms with van der Waals surface area (Å²) in [6, 6.07) is 4.51. The fraction of sp³-hybridized carbons (Fsp3) is 0.412. The highest BCUT2D eigenvalue weighted by atomic mass is 16.6. The van der Waals surface area contributed by atoms with E-state index in [0.717, 1.165) is 0 Å². The predicted molar refractivity (Wildman–Crippen MR) is 89.9 cm³/mol. The fourth-order valence-electron chi connectivity index (χ4n) is 2.37. The van der Waals surface area contributed by atoms with Gasteiger partial charge in [-0.05, 0) is 52.0 Å². The van der Waals surface area contributed by atoms with Crippen LogP contribution >= 0.6 is 0 Å². The van der Waals surface area contributed by atoms with Gasteiger partial charge in [0.05, 0.1) is 12.1 Å². The van der Waals surface area contributed by atoms with Crippen LogP contribution in [0.25, 0.3) is 10.9 Å². The second-order valence-electron chi connectivity index (χ2n) is 6.42. The van der Waals surface area contributed by atoms with Crippen molar-refractivity contribution in [1.82, 2.24) is 4.57 Å². The molecule has 0 aliphatic heterocycles. The number of hydrogen-bond acceptors (Lipinski definition) is 6. The molecule has 1 unspecified atom stereocenters. The minimum absolute atomic E-state index is 0.0560. The van der Waals surface area contributed by atoms with Gasteiger partial charge in [0.1, 0.15) is 5.60 Å². The summed E-state index contributed by atoms with van der Waals surface area (Å²) in [5.74, 6) is -0.918. The van der Waals surface area contributed by atoms with E-state index in [1.807, 2.05) is 0 Å². The second-order valence-corrected chi connectivity index (χ2v) is 6.42. The van der Waals surface area contributed by atoms with Crippen LogP contribution in [0.1, 0.15) is 39.3 Å². The summed E-state index contributed by atoms with van der Waals surface area (Å²) >= 11 is 0. The van der Waals surface area contributed by atoms with Gasteiger partial charge in [-0.1, -0.05) is 0 Å². The van der Waals surface area contributed by atoms with Crippen molar-refractivity contribution in [3.8, 4) is 0 Å². The van der Waals surface area contributed by atoms with Gasteiger partial charge in [0.25, 0.3) is 0 Å². The van der Waals surface area contributed by atoms with Crippen molar-refractivity contribution in [2.45, 2.75) is 39.3 Å². The number of ether oxygens (including phenoxy) is 2. The number of carbonyl (C=O) groups is 2. The van der Waals surface area contributed by atoms with E-state index in [2.05, 4.69) is 0 Å². The summed E-state index contributed by atoms with van der Waals surface area (Å²) in [7, 11) is 0. The molecule has 1 heterocycles. The number of aromatic nitrogens is 1. The summed E-state index contributed by atoms with van der Waals surface area (Å²) in [5.41, 5.74) is 0.0793. The van der Waals surface area contributed by atoms with Crippen molar-refractivity contribution in [2.75, 3.05) is 6.61 Å². The van der Waals surface area contributed by atoms with Crippen molar-refractivity contribution in [1.29, 1.82) is 0 Å². The molecule has 2 rings (SSSR count). The first-order valence-electron chi connectivity index (χ1n) is 7.78. The van der Waals surface area contributed by atoms with Gasteiger partial charge in [-0.15, -0.1) is 0 Å². The zero-order chi connectivity index (χ0) is 18.8. The predicted octanol–water partition coefficient (Wildman–Crippen LogP) is 3.31. The maximum absolute atomic E-state index is 12.2. The lowest BCUT2D eigenvalue weighted by Gasteiger charge is -2.19. The lowest BCUT2D eigenvalue weighted by atomic mass is 10.1. The van der Waals surface area contributed by atoms with Crippen LogP contribution in [-0.4, -0.2) is 33.8 Å². The number of hydrogen-bond donors (Lipinski definition) is 0. The summed E-state index contributed by atoms with van der Waals surface area (Å²) < 4.78 is 11.4. The Balaban J connectivity index is 2.40. The molecule has 0 aliphatic carbocycles. The average molecular weight is 348 g/mol. The minimum atomic E-state index is -1.60. The number of benzene rings is 1. The quantitative estimate of drug-likeness (QED) is 0.477. The zero-order valence-corrected chi connectivity index (χ0v) is 14.5. The Morgan fingerprint density at radius 3 is 2.52 bits per heavy atom. The third kappa shape index (κ3) is 4.14. The lowest BCUT2D eigenvalue weighted by molar-refractivity contribution is -0.516. The fourth-order valence-corrected chi connectivity index (χ4v) is 2.37. The van der Waals surface area contributed by atoms with Crippen molar-refractivity contribution in [2.24, 2.45) is 0 Å². The molecule has 0 saturated heterocycles. The number of rotatable bonds is 4. The smallest absolute Gasteiger partial charge is 0.418 e. The molecule has 0 radical (unpaired) electrons. The molecule has 8 heteroatoms. The SMILES string of the molecule is CCOC(=O)C(c1ccc2c(ccn2C(=O)OC(C)(C)C)c1)[N+](=O)[O-]. The van der Waals surface area contributed by atoms with Gasteiger partial charge in [0.2, 0.25) is 0 Å². The minimum Gasteiger partial charge on any atom is -0.461 e. The molecule has 1 aromatic carbocycles. The van der Waals surface area contributed by atoms with Crippen LogP contribution in [0.5, 0.6) is 0 Å². The van der Waals surface area contributed by atoms with E-state index >= 15 is 0 Å². The summed E-state index contributed by atoms with van der Waals surface area (Å²) in [6.45, 7) is 6.92. The largest absolute Gasteiger partial charge is 0.461 e. The van der Waals surface area contributed by atoms with Crippen LogP contribution in [0.2, 0.25) is 0 Å². The Labute approximate surface area is 144 Å². The van der Waals surface area contributed by atoms with Gasteiger partial charge in [-0.2, -0.15) is 0 Å². The topological polar surface area (TPSA) is 101 Å². The van der Waals surface area contributed by atoms with Crippen LogP contribution in [0, 0.1) is 10.1 Å². The number of fused-ring (bicyclic) bond motifs is 1. The van der Waals surface area contributed by atoms with Crippen LogP contribution in [0.3, 0.4) is 0 Å². The first-order chi connectivity index (χ1) is 11.6. The Kier molecular flexibility index (Phi) is 5.10. The number of esters is 1. The third-order valence-electron chi connectivity index (χ3n) is 3.34. The monoisotopic (exact) mass is 348 g/mol. The third-order valence-corrected chi connectivity index (χ3v) is 3.34. The Bertz CT molecular complexity index is 818. The summed E-state index contributed by atoms with van der Waals surface area (Å²) in [4.78, 5) is 34.6. The maximum Gasteiger partial charge on any atom is 0.418 e. The van der Waals surface area contributed by atoms with Gasteiger partial charge >= 0.3 is 18.1 Å². The maximum atomic E-state index is 12.2. The van der Waals surface area contributed by atoms with Crippen molar-refractivity contribution in [3.05, 3.63) is 46.1 Å². The normalized spacial score (nSPS) is 12.6. The first kappa shape index (κ1) is 18.4. The highest BCUT2D eigenvalue weighted by Crippen LogP contribution is 2.25. The molecular weight excluding hydrogens is 328 g/mol. The van der Waals surface area contributed by atoms with Gasteiger partial charge in [0.15, 0.2) is 0 Å². The molecule has 0 N–H and O–H groups in total. The van der Waals surface area contributed by atoms with Crippen molar-refractivity contribution in [3.63, 3.8) is 0 Å². The summed E-state index contributed by atoms with van der Waals surface area (Å²) in [5, 5.41) is 11.8. The Hall–Kier alpha value is -2.90.